The zero-order valence-corrected chi connectivity index (χ0v) is 11.4. The van der Waals surface area contributed by atoms with Crippen LogP contribution in [0.4, 0.5) is 4.39 Å². The van der Waals surface area contributed by atoms with E-state index in [4.69, 9.17) is 4.74 Å². The SMILES string of the molecule is CCOC1CC(NC(C)c2ccc(C)c(F)c2)C1. The van der Waals surface area contributed by atoms with Gasteiger partial charge in [-0.2, -0.15) is 0 Å². The third kappa shape index (κ3) is 3.09. The largest absolute Gasteiger partial charge is 0.378 e. The topological polar surface area (TPSA) is 21.3 Å². The summed E-state index contributed by atoms with van der Waals surface area (Å²) in [5.74, 6) is -0.123. The minimum absolute atomic E-state index is 0.123. The van der Waals surface area contributed by atoms with Gasteiger partial charge in [0.1, 0.15) is 5.82 Å². The quantitative estimate of drug-likeness (QED) is 0.866. The number of halogens is 1. The number of rotatable bonds is 5. The first-order chi connectivity index (χ1) is 8.60. The maximum atomic E-state index is 13.5. The Labute approximate surface area is 109 Å². The molecule has 0 bridgehead atoms. The Kier molecular flexibility index (Phi) is 4.36. The van der Waals surface area contributed by atoms with Gasteiger partial charge in [-0.25, -0.2) is 4.39 Å². The van der Waals surface area contributed by atoms with Crippen LogP contribution in [0.1, 0.15) is 43.9 Å². The van der Waals surface area contributed by atoms with Crippen LogP contribution in [0.25, 0.3) is 0 Å². The lowest BCUT2D eigenvalue weighted by molar-refractivity contribution is -0.0120. The van der Waals surface area contributed by atoms with Crippen molar-refractivity contribution in [3.63, 3.8) is 0 Å². The lowest BCUT2D eigenvalue weighted by atomic mass is 9.88. The molecule has 1 aliphatic rings. The first-order valence-corrected chi connectivity index (χ1v) is 6.73. The molecule has 0 saturated heterocycles. The molecule has 1 aromatic rings. The molecule has 1 N–H and O–H groups in total. The van der Waals surface area contributed by atoms with E-state index < -0.39 is 0 Å². The molecule has 1 atom stereocenters. The van der Waals surface area contributed by atoms with Gasteiger partial charge in [-0.15, -0.1) is 0 Å². The van der Waals surface area contributed by atoms with Crippen molar-refractivity contribution in [3.05, 3.63) is 35.1 Å². The molecule has 0 heterocycles. The standard InChI is InChI=1S/C15H22FNO/c1-4-18-14-8-13(9-14)17-11(3)12-6-5-10(2)15(16)7-12/h5-7,11,13-14,17H,4,8-9H2,1-3H3. The summed E-state index contributed by atoms with van der Waals surface area (Å²) in [7, 11) is 0. The lowest BCUT2D eigenvalue weighted by Gasteiger charge is -2.37. The molecule has 2 nitrogen and oxygen atoms in total. The smallest absolute Gasteiger partial charge is 0.126 e. The molecule has 0 radical (unpaired) electrons. The molecule has 1 fully saturated rings. The predicted octanol–water partition coefficient (Wildman–Crippen LogP) is 3.35. The van der Waals surface area contributed by atoms with E-state index in [1.807, 2.05) is 19.1 Å². The van der Waals surface area contributed by atoms with E-state index in [2.05, 4.69) is 12.2 Å². The van der Waals surface area contributed by atoms with Crippen molar-refractivity contribution < 1.29 is 9.13 Å². The molecule has 0 spiro atoms. The fourth-order valence-corrected chi connectivity index (χ4v) is 2.40. The highest BCUT2D eigenvalue weighted by molar-refractivity contribution is 5.25. The highest BCUT2D eigenvalue weighted by Gasteiger charge is 2.30. The summed E-state index contributed by atoms with van der Waals surface area (Å²) in [6, 6.07) is 6.15. The van der Waals surface area contributed by atoms with Gasteiger partial charge in [0, 0.05) is 18.7 Å². The molecule has 1 aliphatic carbocycles. The average molecular weight is 251 g/mol. The first kappa shape index (κ1) is 13.5. The number of benzene rings is 1. The van der Waals surface area contributed by atoms with Gasteiger partial charge in [0.25, 0.3) is 0 Å². The summed E-state index contributed by atoms with van der Waals surface area (Å²) in [4.78, 5) is 0. The Morgan fingerprint density at radius 1 is 1.44 bits per heavy atom. The fraction of sp³-hybridized carbons (Fsp3) is 0.600. The van der Waals surface area contributed by atoms with Gasteiger partial charge < -0.3 is 10.1 Å². The molecule has 1 aromatic carbocycles. The van der Waals surface area contributed by atoms with E-state index in [-0.39, 0.29) is 11.9 Å². The van der Waals surface area contributed by atoms with Gasteiger partial charge in [0.05, 0.1) is 6.10 Å². The molecule has 2 rings (SSSR count). The van der Waals surface area contributed by atoms with Gasteiger partial charge in [-0.3, -0.25) is 0 Å². The number of hydrogen-bond acceptors (Lipinski definition) is 2. The summed E-state index contributed by atoms with van der Waals surface area (Å²) in [5.41, 5.74) is 1.71. The fourth-order valence-electron chi connectivity index (χ4n) is 2.40. The molecule has 3 heteroatoms. The van der Waals surface area contributed by atoms with Crippen molar-refractivity contribution in [1.82, 2.24) is 5.32 Å². The van der Waals surface area contributed by atoms with Crippen molar-refractivity contribution in [2.75, 3.05) is 6.61 Å². The Morgan fingerprint density at radius 3 is 2.78 bits per heavy atom. The van der Waals surface area contributed by atoms with Crippen LogP contribution in [0, 0.1) is 12.7 Å². The molecule has 0 amide bonds. The van der Waals surface area contributed by atoms with Crippen LogP contribution in [0.5, 0.6) is 0 Å². The maximum Gasteiger partial charge on any atom is 0.126 e. The zero-order chi connectivity index (χ0) is 13.1. The first-order valence-electron chi connectivity index (χ1n) is 6.73. The molecule has 18 heavy (non-hydrogen) atoms. The molecule has 1 unspecified atom stereocenters. The number of nitrogens with one attached hydrogen (secondary N) is 1. The Hall–Kier alpha value is -0.930. The number of hydrogen-bond donors (Lipinski definition) is 1. The van der Waals surface area contributed by atoms with E-state index >= 15 is 0 Å². The molecule has 0 aliphatic heterocycles. The van der Waals surface area contributed by atoms with E-state index in [0.29, 0.717) is 17.7 Å². The van der Waals surface area contributed by atoms with Crippen LogP contribution in [-0.4, -0.2) is 18.8 Å². The zero-order valence-electron chi connectivity index (χ0n) is 11.4. The van der Waals surface area contributed by atoms with Crippen molar-refractivity contribution in [1.29, 1.82) is 0 Å². The molecule has 1 saturated carbocycles. The van der Waals surface area contributed by atoms with Crippen LogP contribution >= 0.6 is 0 Å². The minimum atomic E-state index is -0.123. The van der Waals surface area contributed by atoms with E-state index in [1.54, 1.807) is 13.0 Å². The molecule has 100 valence electrons. The molecular weight excluding hydrogens is 229 g/mol. The monoisotopic (exact) mass is 251 g/mol. The van der Waals surface area contributed by atoms with Crippen molar-refractivity contribution >= 4 is 0 Å². The Morgan fingerprint density at radius 2 is 2.17 bits per heavy atom. The summed E-state index contributed by atoms with van der Waals surface area (Å²) in [6.07, 6.45) is 2.54. The maximum absolute atomic E-state index is 13.5. The summed E-state index contributed by atoms with van der Waals surface area (Å²) in [6.45, 7) is 6.68. The van der Waals surface area contributed by atoms with Gasteiger partial charge in [0.15, 0.2) is 0 Å². The Balaban J connectivity index is 1.85. The second kappa shape index (κ2) is 5.81. The second-order valence-corrected chi connectivity index (χ2v) is 5.14. The van der Waals surface area contributed by atoms with Crippen molar-refractivity contribution in [2.24, 2.45) is 0 Å². The number of ether oxygens (including phenoxy) is 1. The summed E-state index contributed by atoms with van der Waals surface area (Å²) in [5, 5.41) is 3.52. The average Bonchev–Trinajstić information content (AvgIpc) is 2.30. The van der Waals surface area contributed by atoms with Crippen LogP contribution < -0.4 is 5.32 Å². The van der Waals surface area contributed by atoms with Crippen molar-refractivity contribution in [2.45, 2.75) is 51.8 Å². The lowest BCUT2D eigenvalue weighted by Crippen LogP contribution is -2.46. The third-order valence-electron chi connectivity index (χ3n) is 3.68. The van der Waals surface area contributed by atoms with Gasteiger partial charge in [-0.1, -0.05) is 12.1 Å². The normalized spacial score (nSPS) is 24.7. The van der Waals surface area contributed by atoms with E-state index in [0.717, 1.165) is 25.0 Å². The molecule has 0 aromatic heterocycles. The second-order valence-electron chi connectivity index (χ2n) is 5.14. The summed E-state index contributed by atoms with van der Waals surface area (Å²) < 4.78 is 19.0. The van der Waals surface area contributed by atoms with Crippen LogP contribution in [0.15, 0.2) is 18.2 Å². The van der Waals surface area contributed by atoms with Crippen LogP contribution in [0.2, 0.25) is 0 Å². The summed E-state index contributed by atoms with van der Waals surface area (Å²) >= 11 is 0. The van der Waals surface area contributed by atoms with E-state index in [1.165, 1.54) is 0 Å². The highest BCUT2D eigenvalue weighted by atomic mass is 19.1. The van der Waals surface area contributed by atoms with Gasteiger partial charge in [-0.05, 0) is 50.8 Å². The van der Waals surface area contributed by atoms with E-state index in [9.17, 15) is 4.39 Å². The molecular formula is C15H22FNO. The highest BCUT2D eigenvalue weighted by Crippen LogP contribution is 2.26. The Bertz CT molecular complexity index is 401. The predicted molar refractivity (Wildman–Crippen MR) is 71.1 cm³/mol. The van der Waals surface area contributed by atoms with Crippen LogP contribution in [-0.2, 0) is 4.74 Å². The third-order valence-corrected chi connectivity index (χ3v) is 3.68. The van der Waals surface area contributed by atoms with Gasteiger partial charge >= 0.3 is 0 Å². The number of aryl methyl sites for hydroxylation is 1. The minimum Gasteiger partial charge on any atom is -0.378 e. The van der Waals surface area contributed by atoms with Gasteiger partial charge in [0.2, 0.25) is 0 Å². The van der Waals surface area contributed by atoms with Crippen LogP contribution in [0.3, 0.4) is 0 Å². The van der Waals surface area contributed by atoms with Crippen molar-refractivity contribution in [3.8, 4) is 0 Å².